The fourth-order valence-corrected chi connectivity index (χ4v) is 2.23. The van der Waals surface area contributed by atoms with Crippen LogP contribution in [0.4, 0.5) is 0 Å². The lowest BCUT2D eigenvalue weighted by Gasteiger charge is -2.18. The molecule has 0 saturated heterocycles. The Morgan fingerprint density at radius 3 is 3.00 bits per heavy atom. The van der Waals surface area contributed by atoms with Crippen molar-refractivity contribution in [1.82, 2.24) is 5.32 Å². The fourth-order valence-electron chi connectivity index (χ4n) is 2.23. The van der Waals surface area contributed by atoms with E-state index in [0.717, 1.165) is 11.3 Å². The van der Waals surface area contributed by atoms with Crippen LogP contribution in [-0.4, -0.2) is 50.8 Å². The van der Waals surface area contributed by atoms with Crippen LogP contribution in [0.25, 0.3) is 0 Å². The largest absolute Gasteiger partial charge is 0.491 e. The Morgan fingerprint density at radius 2 is 2.20 bits per heavy atom. The molecule has 1 heterocycles. The van der Waals surface area contributed by atoms with Gasteiger partial charge in [-0.25, -0.2) is 0 Å². The van der Waals surface area contributed by atoms with Gasteiger partial charge >= 0.3 is 0 Å². The number of rotatable bonds is 8. The van der Waals surface area contributed by atoms with E-state index in [1.165, 1.54) is 0 Å². The number of methoxy groups -OCH3 is 1. The fraction of sp³-hybridized carbons (Fsp3) is 0.600. The van der Waals surface area contributed by atoms with Gasteiger partial charge in [0.15, 0.2) is 0 Å². The maximum absolute atomic E-state index is 9.91. The lowest BCUT2D eigenvalue weighted by atomic mass is 10.1. The van der Waals surface area contributed by atoms with Crippen LogP contribution < -0.4 is 10.1 Å². The average molecular weight is 281 g/mol. The third-order valence-corrected chi connectivity index (χ3v) is 3.27. The second kappa shape index (κ2) is 7.59. The van der Waals surface area contributed by atoms with E-state index >= 15 is 0 Å². The van der Waals surface area contributed by atoms with Crippen molar-refractivity contribution in [3.63, 3.8) is 0 Å². The van der Waals surface area contributed by atoms with Crippen LogP contribution in [-0.2, 0) is 9.47 Å². The van der Waals surface area contributed by atoms with Crippen LogP contribution in [0, 0.1) is 0 Å². The summed E-state index contributed by atoms with van der Waals surface area (Å²) in [5.41, 5.74) is 1.15. The van der Waals surface area contributed by atoms with Crippen LogP contribution in [0.3, 0.4) is 0 Å². The van der Waals surface area contributed by atoms with Crippen molar-refractivity contribution < 1.29 is 19.3 Å². The first-order valence-electron chi connectivity index (χ1n) is 6.94. The van der Waals surface area contributed by atoms with Gasteiger partial charge in [0.2, 0.25) is 0 Å². The van der Waals surface area contributed by atoms with Gasteiger partial charge in [0, 0.05) is 19.2 Å². The molecular weight excluding hydrogens is 258 g/mol. The molecule has 1 aliphatic heterocycles. The standard InChI is InChI=1S/C15H23NO4/c1-11(8-18-2)19-9-12(17)7-16-14-10-20-15-6-4-3-5-13(14)15/h3-6,11-12,14,16-17H,7-10H2,1-2H3. The molecule has 2 rings (SSSR count). The van der Waals surface area contributed by atoms with Crippen molar-refractivity contribution in [3.05, 3.63) is 29.8 Å². The first-order chi connectivity index (χ1) is 9.70. The number of ether oxygens (including phenoxy) is 3. The first-order valence-corrected chi connectivity index (χ1v) is 6.94. The molecule has 0 aliphatic carbocycles. The zero-order chi connectivity index (χ0) is 14.4. The first kappa shape index (κ1) is 15.3. The number of hydrogen-bond donors (Lipinski definition) is 2. The molecule has 3 atom stereocenters. The Hall–Kier alpha value is -1.14. The summed E-state index contributed by atoms with van der Waals surface area (Å²) in [6.07, 6.45) is -0.549. The molecule has 2 N–H and O–H groups in total. The van der Waals surface area contributed by atoms with Crippen LogP contribution in [0.5, 0.6) is 5.75 Å². The summed E-state index contributed by atoms with van der Waals surface area (Å²) in [6, 6.07) is 8.10. The Balaban J connectivity index is 1.71. The normalized spacial score (nSPS) is 20.2. The number of aliphatic hydroxyl groups excluding tert-OH is 1. The molecule has 5 nitrogen and oxygen atoms in total. The molecule has 0 bridgehead atoms. The Bertz CT molecular complexity index is 413. The molecule has 1 aliphatic rings. The molecule has 0 saturated carbocycles. The van der Waals surface area contributed by atoms with Gasteiger partial charge in [0.05, 0.1) is 31.5 Å². The third kappa shape index (κ3) is 4.18. The highest BCUT2D eigenvalue weighted by Gasteiger charge is 2.23. The summed E-state index contributed by atoms with van der Waals surface area (Å²) in [4.78, 5) is 0. The van der Waals surface area contributed by atoms with Crippen LogP contribution in [0.15, 0.2) is 24.3 Å². The predicted molar refractivity (Wildman–Crippen MR) is 76.0 cm³/mol. The highest BCUT2D eigenvalue weighted by atomic mass is 16.5. The van der Waals surface area contributed by atoms with Crippen molar-refractivity contribution in [2.45, 2.75) is 25.2 Å². The van der Waals surface area contributed by atoms with Crippen molar-refractivity contribution in [1.29, 1.82) is 0 Å². The molecule has 0 radical (unpaired) electrons. The van der Waals surface area contributed by atoms with Gasteiger partial charge in [-0.1, -0.05) is 18.2 Å². The average Bonchev–Trinajstić information content (AvgIpc) is 2.86. The van der Waals surface area contributed by atoms with Crippen LogP contribution >= 0.6 is 0 Å². The van der Waals surface area contributed by atoms with Gasteiger partial charge in [0.25, 0.3) is 0 Å². The van der Waals surface area contributed by atoms with Gasteiger partial charge in [-0.3, -0.25) is 0 Å². The van der Waals surface area contributed by atoms with Gasteiger partial charge in [-0.2, -0.15) is 0 Å². The van der Waals surface area contributed by atoms with Crippen molar-refractivity contribution in [3.8, 4) is 5.75 Å². The van der Waals surface area contributed by atoms with Crippen molar-refractivity contribution in [2.75, 3.05) is 33.5 Å². The molecule has 0 spiro atoms. The number of para-hydroxylation sites is 1. The number of fused-ring (bicyclic) bond motifs is 1. The summed E-state index contributed by atoms with van der Waals surface area (Å²) < 4.78 is 16.0. The molecule has 3 unspecified atom stereocenters. The SMILES string of the molecule is COCC(C)OCC(O)CNC1COc2ccccc21. The van der Waals surface area contributed by atoms with Gasteiger partial charge < -0.3 is 24.6 Å². The highest BCUT2D eigenvalue weighted by Crippen LogP contribution is 2.31. The van der Waals surface area contributed by atoms with E-state index in [9.17, 15) is 5.11 Å². The maximum atomic E-state index is 9.91. The predicted octanol–water partition coefficient (Wildman–Crippen LogP) is 1.12. The minimum absolute atomic E-state index is 0.00908. The molecule has 20 heavy (non-hydrogen) atoms. The second-order valence-electron chi connectivity index (χ2n) is 5.06. The van der Waals surface area contributed by atoms with E-state index in [-0.39, 0.29) is 12.1 Å². The Labute approximate surface area is 119 Å². The van der Waals surface area contributed by atoms with Gasteiger partial charge in [0.1, 0.15) is 12.4 Å². The van der Waals surface area contributed by atoms with Crippen LogP contribution in [0.1, 0.15) is 18.5 Å². The molecule has 112 valence electrons. The molecular formula is C15H23NO4. The minimum atomic E-state index is -0.540. The summed E-state index contributed by atoms with van der Waals surface area (Å²) in [7, 11) is 1.63. The lowest BCUT2D eigenvalue weighted by Crippen LogP contribution is -2.35. The topological polar surface area (TPSA) is 60.0 Å². The summed E-state index contributed by atoms with van der Waals surface area (Å²) in [5, 5.41) is 13.2. The Kier molecular flexibility index (Phi) is 5.79. The quantitative estimate of drug-likeness (QED) is 0.748. The number of nitrogens with one attached hydrogen (secondary N) is 1. The van der Waals surface area contributed by atoms with E-state index in [0.29, 0.717) is 26.4 Å². The second-order valence-corrected chi connectivity index (χ2v) is 5.06. The molecule has 0 amide bonds. The van der Waals surface area contributed by atoms with Gasteiger partial charge in [-0.15, -0.1) is 0 Å². The third-order valence-electron chi connectivity index (χ3n) is 3.27. The number of aliphatic hydroxyl groups is 1. The molecule has 0 aromatic heterocycles. The van der Waals surface area contributed by atoms with Crippen molar-refractivity contribution >= 4 is 0 Å². The lowest BCUT2D eigenvalue weighted by molar-refractivity contribution is -0.0317. The number of benzene rings is 1. The van der Waals surface area contributed by atoms with Crippen LogP contribution in [0.2, 0.25) is 0 Å². The minimum Gasteiger partial charge on any atom is -0.491 e. The summed E-state index contributed by atoms with van der Waals surface area (Å²) in [5.74, 6) is 0.921. The maximum Gasteiger partial charge on any atom is 0.124 e. The molecule has 5 heteroatoms. The van der Waals surface area contributed by atoms with Gasteiger partial charge in [-0.05, 0) is 13.0 Å². The summed E-state index contributed by atoms with van der Waals surface area (Å²) in [6.45, 7) is 3.83. The van der Waals surface area contributed by atoms with E-state index in [1.807, 2.05) is 31.2 Å². The van der Waals surface area contributed by atoms with E-state index < -0.39 is 6.10 Å². The van der Waals surface area contributed by atoms with E-state index in [2.05, 4.69) is 5.32 Å². The monoisotopic (exact) mass is 281 g/mol. The zero-order valence-electron chi connectivity index (χ0n) is 12.0. The molecule has 0 fully saturated rings. The van der Waals surface area contributed by atoms with E-state index in [4.69, 9.17) is 14.2 Å². The highest BCUT2D eigenvalue weighted by molar-refractivity contribution is 5.39. The smallest absolute Gasteiger partial charge is 0.124 e. The summed E-state index contributed by atoms with van der Waals surface area (Å²) >= 11 is 0. The molecule has 1 aromatic carbocycles. The molecule has 1 aromatic rings. The zero-order valence-corrected chi connectivity index (χ0v) is 12.0. The van der Waals surface area contributed by atoms with E-state index in [1.54, 1.807) is 7.11 Å². The Morgan fingerprint density at radius 1 is 1.40 bits per heavy atom. The van der Waals surface area contributed by atoms with Crippen molar-refractivity contribution in [2.24, 2.45) is 0 Å². The number of hydrogen-bond acceptors (Lipinski definition) is 5.